The van der Waals surface area contributed by atoms with Gasteiger partial charge >= 0.3 is 0 Å². The number of thioether (sulfide) groups is 1. The minimum Gasteiger partial charge on any atom is -0.342 e. The average molecular weight is 345 g/mol. The molecule has 2 saturated heterocycles. The van der Waals surface area contributed by atoms with Crippen LogP contribution in [0.3, 0.4) is 0 Å². The molecule has 4 rings (SSSR count). The van der Waals surface area contributed by atoms with E-state index in [1.54, 1.807) is 11.8 Å². The molecule has 0 radical (unpaired) electrons. The highest BCUT2D eigenvalue weighted by atomic mass is 32.2. The molecule has 3 aliphatic rings. The molecule has 2 heterocycles. The predicted molar refractivity (Wildman–Crippen MR) is 99.1 cm³/mol. The number of hydrogen-bond donors (Lipinski definition) is 0. The van der Waals surface area contributed by atoms with Gasteiger partial charge in [-0.05, 0) is 68.5 Å². The molecule has 1 aromatic carbocycles. The Morgan fingerprint density at radius 2 is 2.12 bits per heavy atom. The predicted octanol–water partition coefficient (Wildman–Crippen LogP) is 3.63. The van der Waals surface area contributed by atoms with Crippen LogP contribution in [0.15, 0.2) is 29.2 Å². The van der Waals surface area contributed by atoms with Crippen molar-refractivity contribution >= 4 is 17.7 Å². The van der Waals surface area contributed by atoms with E-state index in [0.29, 0.717) is 5.91 Å². The number of likely N-dealkylation sites (tertiary alicyclic amines) is 2. The Hall–Kier alpha value is -1.00. The van der Waals surface area contributed by atoms with Crippen LogP contribution in [0.2, 0.25) is 0 Å². The molecule has 0 N–H and O–H groups in total. The third kappa shape index (κ3) is 3.36. The first-order valence-corrected chi connectivity index (χ1v) is 10.6. The highest BCUT2D eigenvalue weighted by molar-refractivity contribution is 7.98. The van der Waals surface area contributed by atoms with E-state index in [1.807, 2.05) is 0 Å². The van der Waals surface area contributed by atoms with Gasteiger partial charge in [-0.3, -0.25) is 9.69 Å². The van der Waals surface area contributed by atoms with Crippen LogP contribution < -0.4 is 0 Å². The van der Waals surface area contributed by atoms with E-state index in [-0.39, 0.29) is 5.41 Å². The standard InChI is InChI=1S/C20H28N2OS/c1-24-18-5-2-4-17(12-18)13-21-11-9-20(15-21)8-3-10-22(19(20)23)14-16-6-7-16/h2,4-5,12,16H,3,6-11,13-15H2,1H3. The Labute approximate surface area is 149 Å². The fraction of sp³-hybridized carbons (Fsp3) is 0.650. The second-order valence-electron chi connectivity index (χ2n) is 7.89. The molecule has 1 saturated carbocycles. The number of amides is 1. The molecule has 2 aliphatic heterocycles. The van der Waals surface area contributed by atoms with Gasteiger partial charge in [0.1, 0.15) is 0 Å². The van der Waals surface area contributed by atoms with E-state index in [4.69, 9.17) is 0 Å². The lowest BCUT2D eigenvalue weighted by molar-refractivity contribution is -0.145. The zero-order chi connectivity index (χ0) is 16.6. The van der Waals surface area contributed by atoms with Crippen LogP contribution in [-0.2, 0) is 11.3 Å². The molecule has 24 heavy (non-hydrogen) atoms. The van der Waals surface area contributed by atoms with Crippen LogP contribution in [0.4, 0.5) is 0 Å². The number of benzene rings is 1. The topological polar surface area (TPSA) is 23.6 Å². The van der Waals surface area contributed by atoms with E-state index >= 15 is 0 Å². The van der Waals surface area contributed by atoms with Crippen molar-refractivity contribution in [1.29, 1.82) is 0 Å². The molecular weight excluding hydrogens is 316 g/mol. The lowest BCUT2D eigenvalue weighted by atomic mass is 9.78. The summed E-state index contributed by atoms with van der Waals surface area (Å²) in [4.78, 5) is 19.1. The van der Waals surface area contributed by atoms with Crippen molar-refractivity contribution in [1.82, 2.24) is 9.80 Å². The summed E-state index contributed by atoms with van der Waals surface area (Å²) < 4.78 is 0. The van der Waals surface area contributed by atoms with Gasteiger partial charge in [0.05, 0.1) is 5.41 Å². The maximum Gasteiger partial charge on any atom is 0.230 e. The summed E-state index contributed by atoms with van der Waals surface area (Å²) in [6.45, 7) is 5.01. The monoisotopic (exact) mass is 344 g/mol. The number of rotatable bonds is 5. The van der Waals surface area contributed by atoms with Gasteiger partial charge in [0.2, 0.25) is 5.91 Å². The lowest BCUT2D eigenvalue weighted by Gasteiger charge is -2.39. The number of piperidine rings is 1. The quantitative estimate of drug-likeness (QED) is 0.762. The van der Waals surface area contributed by atoms with Crippen LogP contribution in [0.1, 0.15) is 37.7 Å². The molecule has 3 fully saturated rings. The first kappa shape index (κ1) is 16.5. The fourth-order valence-electron chi connectivity index (χ4n) is 4.44. The van der Waals surface area contributed by atoms with Crippen molar-refractivity contribution in [2.75, 3.05) is 32.4 Å². The second kappa shape index (κ2) is 6.72. The number of nitrogens with zero attached hydrogens (tertiary/aromatic N) is 2. The van der Waals surface area contributed by atoms with Gasteiger partial charge < -0.3 is 4.90 Å². The molecule has 0 aromatic heterocycles. The zero-order valence-corrected chi connectivity index (χ0v) is 15.5. The van der Waals surface area contributed by atoms with E-state index in [0.717, 1.165) is 51.5 Å². The van der Waals surface area contributed by atoms with Crippen molar-refractivity contribution in [3.63, 3.8) is 0 Å². The lowest BCUT2D eigenvalue weighted by Crippen LogP contribution is -2.50. The maximum atomic E-state index is 13.1. The largest absolute Gasteiger partial charge is 0.342 e. The minimum absolute atomic E-state index is 0.0791. The number of carbonyl (C=O) groups excluding carboxylic acids is 1. The van der Waals surface area contributed by atoms with E-state index in [9.17, 15) is 4.79 Å². The number of carbonyl (C=O) groups is 1. The van der Waals surface area contributed by atoms with Crippen LogP contribution in [0.5, 0.6) is 0 Å². The summed E-state index contributed by atoms with van der Waals surface area (Å²) in [6, 6.07) is 8.82. The van der Waals surface area contributed by atoms with Gasteiger partial charge in [-0.15, -0.1) is 11.8 Å². The molecule has 1 aromatic rings. The molecule has 1 amide bonds. The third-order valence-electron chi connectivity index (χ3n) is 5.97. The van der Waals surface area contributed by atoms with Crippen molar-refractivity contribution in [2.45, 2.75) is 43.5 Å². The van der Waals surface area contributed by atoms with Crippen molar-refractivity contribution < 1.29 is 4.79 Å². The summed E-state index contributed by atoms with van der Waals surface area (Å²) in [5.41, 5.74) is 1.29. The first-order chi connectivity index (χ1) is 11.7. The van der Waals surface area contributed by atoms with Crippen LogP contribution in [0, 0.1) is 11.3 Å². The zero-order valence-electron chi connectivity index (χ0n) is 14.7. The third-order valence-corrected chi connectivity index (χ3v) is 6.70. The van der Waals surface area contributed by atoms with Crippen LogP contribution in [0.25, 0.3) is 0 Å². The fourth-order valence-corrected chi connectivity index (χ4v) is 4.92. The SMILES string of the molecule is CSc1cccc(CN2CCC3(CCCN(CC4CC4)C3=O)C2)c1. The summed E-state index contributed by atoms with van der Waals surface area (Å²) >= 11 is 1.80. The second-order valence-corrected chi connectivity index (χ2v) is 8.77. The Morgan fingerprint density at radius 3 is 2.92 bits per heavy atom. The van der Waals surface area contributed by atoms with Crippen LogP contribution >= 0.6 is 11.8 Å². The Bertz CT molecular complexity index is 615. The van der Waals surface area contributed by atoms with Gasteiger partial charge in [-0.2, -0.15) is 0 Å². The molecule has 130 valence electrons. The first-order valence-electron chi connectivity index (χ1n) is 9.33. The maximum absolute atomic E-state index is 13.1. The minimum atomic E-state index is -0.0791. The van der Waals surface area contributed by atoms with Gasteiger partial charge in [-0.1, -0.05) is 12.1 Å². The molecular formula is C20H28N2OS. The van der Waals surface area contributed by atoms with Crippen LogP contribution in [-0.4, -0.2) is 48.1 Å². The number of hydrogen-bond acceptors (Lipinski definition) is 3. The summed E-state index contributed by atoms with van der Waals surface area (Å²) in [5.74, 6) is 1.26. The van der Waals surface area contributed by atoms with Crippen molar-refractivity contribution in [3.8, 4) is 0 Å². The molecule has 3 nitrogen and oxygen atoms in total. The summed E-state index contributed by atoms with van der Waals surface area (Å²) in [6.07, 6.45) is 8.11. The molecule has 0 bridgehead atoms. The van der Waals surface area contributed by atoms with Gasteiger partial charge in [0.25, 0.3) is 0 Å². The summed E-state index contributed by atoms with van der Waals surface area (Å²) in [5, 5.41) is 0. The smallest absolute Gasteiger partial charge is 0.230 e. The molecule has 4 heteroatoms. The Morgan fingerprint density at radius 1 is 1.25 bits per heavy atom. The Kier molecular flexibility index (Phi) is 4.61. The normalized spacial score (nSPS) is 28.0. The van der Waals surface area contributed by atoms with Gasteiger partial charge in [-0.25, -0.2) is 0 Å². The summed E-state index contributed by atoms with van der Waals surface area (Å²) in [7, 11) is 0. The van der Waals surface area contributed by atoms with Crippen molar-refractivity contribution in [2.24, 2.45) is 11.3 Å². The highest BCUT2D eigenvalue weighted by Gasteiger charge is 2.48. The molecule has 1 spiro atoms. The van der Waals surface area contributed by atoms with E-state index in [2.05, 4.69) is 40.3 Å². The van der Waals surface area contributed by atoms with E-state index in [1.165, 1.54) is 29.7 Å². The Balaban J connectivity index is 1.41. The van der Waals surface area contributed by atoms with Gasteiger partial charge in [0.15, 0.2) is 0 Å². The molecule has 1 atom stereocenters. The molecule has 1 aliphatic carbocycles. The van der Waals surface area contributed by atoms with Crippen molar-refractivity contribution in [3.05, 3.63) is 29.8 Å². The highest BCUT2D eigenvalue weighted by Crippen LogP contribution is 2.42. The van der Waals surface area contributed by atoms with Gasteiger partial charge in [0, 0.05) is 31.1 Å². The molecule has 1 unspecified atom stereocenters. The average Bonchev–Trinajstić information content (AvgIpc) is 3.33. The van der Waals surface area contributed by atoms with E-state index < -0.39 is 0 Å².